The maximum absolute atomic E-state index is 12.1. The van der Waals surface area contributed by atoms with Crippen LogP contribution in [0.3, 0.4) is 0 Å². The van der Waals surface area contributed by atoms with Gasteiger partial charge in [0.15, 0.2) is 0 Å². The fraction of sp³-hybridized carbons (Fsp3) is 0.438. The van der Waals surface area contributed by atoms with Crippen LogP contribution in [0.2, 0.25) is 5.02 Å². The lowest BCUT2D eigenvalue weighted by atomic mass is 10.0. The van der Waals surface area contributed by atoms with Crippen molar-refractivity contribution >= 4 is 29.1 Å². The summed E-state index contributed by atoms with van der Waals surface area (Å²) in [6.45, 7) is -0.0650. The summed E-state index contributed by atoms with van der Waals surface area (Å²) >= 11 is 6.17. The molecule has 0 radical (unpaired) electrons. The summed E-state index contributed by atoms with van der Waals surface area (Å²) in [5, 5.41) is 9.81. The van der Waals surface area contributed by atoms with Crippen molar-refractivity contribution in [2.24, 2.45) is 5.16 Å². The Morgan fingerprint density at radius 1 is 1.42 bits per heavy atom. The molecule has 1 unspecified atom stereocenters. The first kappa shape index (κ1) is 16.6. The van der Waals surface area contributed by atoms with Crippen molar-refractivity contribution in [2.45, 2.75) is 31.4 Å². The summed E-state index contributed by atoms with van der Waals surface area (Å²) in [5.74, 6) is 0.0706. The number of halogens is 1. The number of carbonyl (C=O) groups excluding carboxylic acids is 2. The predicted octanol–water partition coefficient (Wildman–Crippen LogP) is 1.24. The van der Waals surface area contributed by atoms with Crippen LogP contribution in [-0.4, -0.2) is 43.3 Å². The number of nitrogens with zero attached hydrogens (tertiary/aromatic N) is 1. The summed E-state index contributed by atoms with van der Waals surface area (Å²) in [6.07, 6.45) is 1.52. The van der Waals surface area contributed by atoms with Crippen LogP contribution in [0.5, 0.6) is 5.75 Å². The lowest BCUT2D eigenvalue weighted by molar-refractivity contribution is -0.133. The lowest BCUT2D eigenvalue weighted by Gasteiger charge is -2.10. The largest absolute Gasteiger partial charge is 0.497 e. The number of hydrogen-bond acceptors (Lipinski definition) is 5. The molecule has 2 amide bonds. The van der Waals surface area contributed by atoms with Gasteiger partial charge < -0.3 is 20.2 Å². The minimum Gasteiger partial charge on any atom is -0.497 e. The number of oxime groups is 1. The number of hydrogen-bond donors (Lipinski definition) is 2. The molecule has 1 aliphatic carbocycles. The van der Waals surface area contributed by atoms with Gasteiger partial charge in [-0.15, -0.1) is 0 Å². The molecule has 7 nitrogen and oxygen atoms in total. The lowest BCUT2D eigenvalue weighted by Crippen LogP contribution is -2.42. The van der Waals surface area contributed by atoms with E-state index < -0.39 is 6.10 Å². The normalized spacial score (nSPS) is 19.2. The van der Waals surface area contributed by atoms with Crippen molar-refractivity contribution in [2.75, 3.05) is 13.7 Å². The van der Waals surface area contributed by atoms with Crippen molar-refractivity contribution in [3.05, 3.63) is 28.8 Å². The summed E-state index contributed by atoms with van der Waals surface area (Å²) < 4.78 is 5.17. The molecule has 128 valence electrons. The SMILES string of the molecule is COc1ccc(Cl)c(C2=NOC(C(=O)NCC(=O)NC3CC3)C2)c1. The van der Waals surface area contributed by atoms with Crippen LogP contribution in [0.1, 0.15) is 24.8 Å². The van der Waals surface area contributed by atoms with E-state index in [1.165, 1.54) is 0 Å². The Morgan fingerprint density at radius 2 is 2.21 bits per heavy atom. The number of carbonyl (C=O) groups is 2. The molecule has 1 atom stereocenters. The van der Waals surface area contributed by atoms with Crippen molar-refractivity contribution < 1.29 is 19.2 Å². The minimum absolute atomic E-state index is 0.0650. The number of ether oxygens (including phenoxy) is 1. The molecule has 2 N–H and O–H groups in total. The molecule has 24 heavy (non-hydrogen) atoms. The highest BCUT2D eigenvalue weighted by Crippen LogP contribution is 2.27. The topological polar surface area (TPSA) is 89.0 Å². The molecule has 1 saturated carbocycles. The molecule has 1 heterocycles. The second-order valence-corrected chi connectivity index (χ2v) is 6.15. The molecule has 2 aliphatic rings. The van der Waals surface area contributed by atoms with Gasteiger partial charge >= 0.3 is 0 Å². The summed E-state index contributed by atoms with van der Waals surface area (Å²) in [7, 11) is 1.56. The fourth-order valence-electron chi connectivity index (χ4n) is 2.32. The Morgan fingerprint density at radius 3 is 2.92 bits per heavy atom. The zero-order valence-electron chi connectivity index (χ0n) is 13.2. The van der Waals surface area contributed by atoms with Gasteiger partial charge in [0.2, 0.25) is 12.0 Å². The second kappa shape index (κ2) is 7.09. The molecule has 0 spiro atoms. The van der Waals surface area contributed by atoms with Gasteiger partial charge in [0.25, 0.3) is 5.91 Å². The van der Waals surface area contributed by atoms with Crippen LogP contribution in [0, 0.1) is 0 Å². The van der Waals surface area contributed by atoms with E-state index in [4.69, 9.17) is 21.2 Å². The van der Waals surface area contributed by atoms with Gasteiger partial charge in [0, 0.05) is 18.0 Å². The molecular formula is C16H18ClN3O4. The molecule has 1 aromatic carbocycles. The van der Waals surface area contributed by atoms with Crippen LogP contribution in [0.4, 0.5) is 0 Å². The molecule has 8 heteroatoms. The maximum Gasteiger partial charge on any atom is 0.264 e. The molecule has 3 rings (SSSR count). The third kappa shape index (κ3) is 3.97. The molecular weight excluding hydrogens is 334 g/mol. The number of rotatable bonds is 6. The molecule has 1 aliphatic heterocycles. The summed E-state index contributed by atoms with van der Waals surface area (Å²) in [4.78, 5) is 28.9. The van der Waals surface area contributed by atoms with Gasteiger partial charge in [0.05, 0.1) is 24.4 Å². The smallest absolute Gasteiger partial charge is 0.264 e. The zero-order valence-corrected chi connectivity index (χ0v) is 13.9. The second-order valence-electron chi connectivity index (χ2n) is 5.74. The zero-order chi connectivity index (χ0) is 17.1. The van der Waals surface area contributed by atoms with Crippen LogP contribution in [-0.2, 0) is 14.4 Å². The van der Waals surface area contributed by atoms with E-state index >= 15 is 0 Å². The molecule has 0 aromatic heterocycles. The van der Waals surface area contributed by atoms with Crippen LogP contribution >= 0.6 is 11.6 Å². The van der Waals surface area contributed by atoms with Crippen LogP contribution in [0.15, 0.2) is 23.4 Å². The average molecular weight is 352 g/mol. The third-order valence-electron chi connectivity index (χ3n) is 3.81. The van der Waals surface area contributed by atoms with E-state index in [0.29, 0.717) is 22.0 Å². The van der Waals surface area contributed by atoms with Gasteiger partial charge in [-0.25, -0.2) is 0 Å². The third-order valence-corrected chi connectivity index (χ3v) is 4.14. The first-order valence-electron chi connectivity index (χ1n) is 7.70. The van der Waals surface area contributed by atoms with E-state index in [1.807, 2.05) is 0 Å². The quantitative estimate of drug-likeness (QED) is 0.807. The van der Waals surface area contributed by atoms with Crippen molar-refractivity contribution in [3.8, 4) is 5.75 Å². The Kier molecular flexibility index (Phi) is 4.89. The highest BCUT2D eigenvalue weighted by Gasteiger charge is 2.30. The van der Waals surface area contributed by atoms with Crippen LogP contribution < -0.4 is 15.4 Å². The van der Waals surface area contributed by atoms with E-state index in [9.17, 15) is 9.59 Å². The minimum atomic E-state index is -0.768. The highest BCUT2D eigenvalue weighted by atomic mass is 35.5. The average Bonchev–Trinajstić information content (AvgIpc) is 3.25. The maximum atomic E-state index is 12.1. The van der Waals surface area contributed by atoms with Crippen molar-refractivity contribution in [1.82, 2.24) is 10.6 Å². The van der Waals surface area contributed by atoms with E-state index in [-0.39, 0.29) is 30.8 Å². The molecule has 0 bridgehead atoms. The number of amides is 2. The van der Waals surface area contributed by atoms with Gasteiger partial charge in [-0.05, 0) is 31.0 Å². The number of methoxy groups -OCH3 is 1. The van der Waals surface area contributed by atoms with Crippen molar-refractivity contribution in [3.63, 3.8) is 0 Å². The van der Waals surface area contributed by atoms with Gasteiger partial charge in [-0.3, -0.25) is 9.59 Å². The Bertz CT molecular complexity index is 688. The molecule has 0 saturated heterocycles. The van der Waals surface area contributed by atoms with Crippen molar-refractivity contribution in [1.29, 1.82) is 0 Å². The first-order valence-corrected chi connectivity index (χ1v) is 8.08. The van der Waals surface area contributed by atoms with Gasteiger partial charge in [0.1, 0.15) is 5.75 Å². The number of benzene rings is 1. The van der Waals surface area contributed by atoms with Crippen LogP contribution in [0.25, 0.3) is 0 Å². The standard InChI is InChI=1S/C16H18ClN3O4/c1-23-10-4-5-12(17)11(6-10)13-7-14(24-20-13)16(22)18-8-15(21)19-9-2-3-9/h4-6,9,14H,2-3,7-8H2,1H3,(H,18,22)(H,19,21). The Labute approximate surface area is 144 Å². The Hall–Kier alpha value is -2.28. The van der Waals surface area contributed by atoms with E-state index in [1.54, 1.807) is 25.3 Å². The predicted molar refractivity (Wildman–Crippen MR) is 88.2 cm³/mol. The summed E-state index contributed by atoms with van der Waals surface area (Å²) in [5.41, 5.74) is 1.24. The van der Waals surface area contributed by atoms with Gasteiger partial charge in [-0.2, -0.15) is 0 Å². The molecule has 1 aromatic rings. The monoisotopic (exact) mass is 351 g/mol. The highest BCUT2D eigenvalue weighted by molar-refractivity contribution is 6.34. The fourth-order valence-corrected chi connectivity index (χ4v) is 2.54. The van der Waals surface area contributed by atoms with E-state index in [0.717, 1.165) is 12.8 Å². The Balaban J connectivity index is 1.54. The summed E-state index contributed by atoms with van der Waals surface area (Å²) in [6, 6.07) is 5.45. The first-order chi connectivity index (χ1) is 11.6. The molecule has 1 fully saturated rings. The van der Waals surface area contributed by atoms with E-state index in [2.05, 4.69) is 15.8 Å². The van der Waals surface area contributed by atoms with Gasteiger partial charge in [-0.1, -0.05) is 16.8 Å². The number of nitrogens with one attached hydrogen (secondary N) is 2.